The van der Waals surface area contributed by atoms with Crippen LogP contribution in [0, 0.1) is 11.6 Å². The van der Waals surface area contributed by atoms with E-state index >= 15 is 0 Å². The summed E-state index contributed by atoms with van der Waals surface area (Å²) in [5.74, 6) is -1.72. The number of hydrogen-bond donors (Lipinski definition) is 1. The van der Waals surface area contributed by atoms with Crippen molar-refractivity contribution in [3.8, 4) is 0 Å². The lowest BCUT2D eigenvalue weighted by molar-refractivity contribution is -0.122. The standard InChI is InChI=1S/C11H14F2N2O/c1-7(11(14)16)15(2)6-8-3-4-9(12)5-10(8)13/h3-5,7H,6H2,1-2H3,(H2,14,16)/t7-/m1/s1. The smallest absolute Gasteiger partial charge is 0.234 e. The molecular formula is C11H14F2N2O. The van der Waals surface area contributed by atoms with Gasteiger partial charge in [0.25, 0.3) is 0 Å². The van der Waals surface area contributed by atoms with Gasteiger partial charge in [0.05, 0.1) is 6.04 Å². The molecule has 0 radical (unpaired) electrons. The first kappa shape index (κ1) is 12.6. The van der Waals surface area contributed by atoms with Gasteiger partial charge in [-0.1, -0.05) is 6.07 Å². The van der Waals surface area contributed by atoms with Crippen molar-refractivity contribution in [2.75, 3.05) is 7.05 Å². The Bertz CT molecular complexity index is 396. The van der Waals surface area contributed by atoms with E-state index in [1.807, 2.05) is 0 Å². The van der Waals surface area contributed by atoms with E-state index < -0.39 is 23.6 Å². The molecule has 1 atom stereocenters. The first-order valence-electron chi connectivity index (χ1n) is 4.85. The molecule has 16 heavy (non-hydrogen) atoms. The van der Waals surface area contributed by atoms with Crippen LogP contribution in [0.3, 0.4) is 0 Å². The van der Waals surface area contributed by atoms with E-state index in [1.54, 1.807) is 18.9 Å². The molecule has 88 valence electrons. The van der Waals surface area contributed by atoms with Crippen molar-refractivity contribution in [2.24, 2.45) is 5.73 Å². The third-order valence-corrected chi connectivity index (χ3v) is 2.51. The Morgan fingerprint density at radius 3 is 2.62 bits per heavy atom. The molecule has 1 aromatic carbocycles. The van der Waals surface area contributed by atoms with Gasteiger partial charge < -0.3 is 5.73 Å². The molecule has 0 bridgehead atoms. The Kier molecular flexibility index (Phi) is 3.95. The Labute approximate surface area is 92.8 Å². The molecule has 0 aliphatic rings. The third kappa shape index (κ3) is 3.00. The van der Waals surface area contributed by atoms with Crippen molar-refractivity contribution < 1.29 is 13.6 Å². The molecule has 1 amide bonds. The summed E-state index contributed by atoms with van der Waals surface area (Å²) >= 11 is 0. The van der Waals surface area contributed by atoms with Crippen molar-refractivity contribution in [3.05, 3.63) is 35.4 Å². The maximum atomic E-state index is 13.3. The fourth-order valence-electron chi connectivity index (χ4n) is 1.27. The largest absolute Gasteiger partial charge is 0.368 e. The topological polar surface area (TPSA) is 46.3 Å². The summed E-state index contributed by atoms with van der Waals surface area (Å²) in [7, 11) is 1.65. The number of rotatable bonds is 4. The second-order valence-electron chi connectivity index (χ2n) is 3.73. The molecule has 0 fully saturated rings. The van der Waals surface area contributed by atoms with E-state index in [-0.39, 0.29) is 6.54 Å². The minimum atomic E-state index is -0.622. The molecular weight excluding hydrogens is 214 g/mol. The predicted octanol–water partition coefficient (Wildman–Crippen LogP) is 1.27. The second-order valence-corrected chi connectivity index (χ2v) is 3.73. The molecule has 3 nitrogen and oxygen atoms in total. The second kappa shape index (κ2) is 5.03. The maximum absolute atomic E-state index is 13.3. The minimum absolute atomic E-state index is 0.205. The zero-order chi connectivity index (χ0) is 12.3. The Morgan fingerprint density at radius 1 is 1.50 bits per heavy atom. The van der Waals surface area contributed by atoms with Crippen LogP contribution in [0.4, 0.5) is 8.78 Å². The van der Waals surface area contributed by atoms with Crippen molar-refractivity contribution in [2.45, 2.75) is 19.5 Å². The first-order chi connectivity index (χ1) is 7.41. The van der Waals surface area contributed by atoms with E-state index in [2.05, 4.69) is 0 Å². The third-order valence-electron chi connectivity index (χ3n) is 2.51. The maximum Gasteiger partial charge on any atom is 0.234 e. The van der Waals surface area contributed by atoms with Crippen molar-refractivity contribution >= 4 is 5.91 Å². The summed E-state index contributed by atoms with van der Waals surface area (Å²) in [6.07, 6.45) is 0. The normalized spacial score (nSPS) is 12.8. The number of halogens is 2. The van der Waals surface area contributed by atoms with Crippen LogP contribution in [0.5, 0.6) is 0 Å². The highest BCUT2D eigenvalue weighted by Crippen LogP contribution is 2.12. The van der Waals surface area contributed by atoms with Gasteiger partial charge in [-0.05, 0) is 20.0 Å². The zero-order valence-electron chi connectivity index (χ0n) is 9.21. The lowest BCUT2D eigenvalue weighted by atomic mass is 10.1. The highest BCUT2D eigenvalue weighted by molar-refractivity contribution is 5.79. The molecule has 5 heteroatoms. The van der Waals surface area contributed by atoms with Gasteiger partial charge >= 0.3 is 0 Å². The van der Waals surface area contributed by atoms with E-state index in [0.717, 1.165) is 6.07 Å². The van der Waals surface area contributed by atoms with Gasteiger partial charge in [-0.3, -0.25) is 9.69 Å². The fourth-order valence-corrected chi connectivity index (χ4v) is 1.27. The van der Waals surface area contributed by atoms with Crippen LogP contribution in [0.2, 0.25) is 0 Å². The number of nitrogens with two attached hydrogens (primary N) is 1. The van der Waals surface area contributed by atoms with Gasteiger partial charge in [-0.2, -0.15) is 0 Å². The van der Waals surface area contributed by atoms with Gasteiger partial charge in [0.2, 0.25) is 5.91 Å². The van der Waals surface area contributed by atoms with Crippen LogP contribution in [0.1, 0.15) is 12.5 Å². The van der Waals surface area contributed by atoms with Gasteiger partial charge in [0.1, 0.15) is 11.6 Å². The molecule has 1 rings (SSSR count). The number of primary amides is 1. The van der Waals surface area contributed by atoms with Crippen LogP contribution in [-0.2, 0) is 11.3 Å². The number of hydrogen-bond acceptors (Lipinski definition) is 2. The fraction of sp³-hybridized carbons (Fsp3) is 0.364. The Balaban J connectivity index is 2.77. The number of amides is 1. The van der Waals surface area contributed by atoms with E-state index in [9.17, 15) is 13.6 Å². The highest BCUT2D eigenvalue weighted by atomic mass is 19.1. The van der Waals surface area contributed by atoms with Gasteiger partial charge in [0, 0.05) is 18.2 Å². The predicted molar refractivity (Wildman–Crippen MR) is 56.5 cm³/mol. The minimum Gasteiger partial charge on any atom is -0.368 e. The lowest BCUT2D eigenvalue weighted by Crippen LogP contribution is -2.39. The molecule has 0 aliphatic carbocycles. The molecule has 0 spiro atoms. The van der Waals surface area contributed by atoms with Crippen molar-refractivity contribution in [1.29, 1.82) is 0 Å². The summed E-state index contributed by atoms with van der Waals surface area (Å²) in [6, 6.07) is 2.86. The molecule has 0 saturated carbocycles. The van der Waals surface area contributed by atoms with Gasteiger partial charge in [-0.15, -0.1) is 0 Å². The Hall–Kier alpha value is -1.49. The number of nitrogens with zero attached hydrogens (tertiary/aromatic N) is 1. The zero-order valence-corrected chi connectivity index (χ0v) is 9.21. The number of carbonyl (C=O) groups is 1. The molecule has 1 aromatic rings. The monoisotopic (exact) mass is 228 g/mol. The van der Waals surface area contributed by atoms with Crippen LogP contribution in [-0.4, -0.2) is 23.9 Å². The summed E-state index contributed by atoms with van der Waals surface area (Å²) < 4.78 is 25.9. The molecule has 2 N–H and O–H groups in total. The van der Waals surface area contributed by atoms with Gasteiger partial charge in [0.15, 0.2) is 0 Å². The lowest BCUT2D eigenvalue weighted by Gasteiger charge is -2.22. The SMILES string of the molecule is C[C@H](C(N)=O)N(C)Cc1ccc(F)cc1F. The van der Waals surface area contributed by atoms with Gasteiger partial charge in [-0.25, -0.2) is 8.78 Å². The first-order valence-corrected chi connectivity index (χ1v) is 4.85. The van der Waals surface area contributed by atoms with E-state index in [0.29, 0.717) is 5.56 Å². The Morgan fingerprint density at radius 2 is 2.12 bits per heavy atom. The molecule has 0 aromatic heterocycles. The quantitative estimate of drug-likeness (QED) is 0.843. The highest BCUT2D eigenvalue weighted by Gasteiger charge is 2.16. The number of benzene rings is 1. The van der Waals surface area contributed by atoms with Crippen LogP contribution >= 0.6 is 0 Å². The summed E-state index contributed by atoms with van der Waals surface area (Å²) in [6.45, 7) is 1.83. The van der Waals surface area contributed by atoms with E-state index in [1.165, 1.54) is 12.1 Å². The van der Waals surface area contributed by atoms with Crippen molar-refractivity contribution in [3.63, 3.8) is 0 Å². The molecule has 0 aliphatic heterocycles. The average molecular weight is 228 g/mol. The summed E-state index contributed by atoms with van der Waals surface area (Å²) in [4.78, 5) is 12.5. The number of likely N-dealkylation sites (N-methyl/N-ethyl adjacent to an activating group) is 1. The summed E-state index contributed by atoms with van der Waals surface area (Å²) in [5, 5.41) is 0. The molecule has 0 unspecified atom stereocenters. The van der Waals surface area contributed by atoms with Crippen molar-refractivity contribution in [1.82, 2.24) is 4.90 Å². The molecule has 0 saturated heterocycles. The van der Waals surface area contributed by atoms with E-state index in [4.69, 9.17) is 5.73 Å². The van der Waals surface area contributed by atoms with Crippen LogP contribution < -0.4 is 5.73 Å². The van der Waals surface area contributed by atoms with Crippen LogP contribution in [0.25, 0.3) is 0 Å². The summed E-state index contributed by atoms with van der Waals surface area (Å²) in [5.41, 5.74) is 5.45. The molecule has 0 heterocycles. The average Bonchev–Trinajstić information content (AvgIpc) is 2.20. The van der Waals surface area contributed by atoms with Crippen LogP contribution in [0.15, 0.2) is 18.2 Å². The number of carbonyl (C=O) groups excluding carboxylic acids is 1.